The van der Waals surface area contributed by atoms with Gasteiger partial charge in [0.2, 0.25) is 0 Å². The second kappa shape index (κ2) is 10.2. The zero-order valence-electron chi connectivity index (χ0n) is 13.9. The Kier molecular flexibility index (Phi) is 9.01. The summed E-state index contributed by atoms with van der Waals surface area (Å²) in [5.41, 5.74) is 0. The predicted octanol–water partition coefficient (Wildman–Crippen LogP) is 1.03. The van der Waals surface area contributed by atoms with E-state index in [9.17, 15) is 20.1 Å². The predicted molar refractivity (Wildman–Crippen MR) is 82.9 cm³/mol. The zero-order valence-corrected chi connectivity index (χ0v) is 13.9. The van der Waals surface area contributed by atoms with Crippen molar-refractivity contribution in [1.29, 1.82) is 0 Å². The lowest BCUT2D eigenvalue weighted by Gasteiger charge is -2.39. The highest BCUT2D eigenvalue weighted by Gasteiger charge is 2.47. The number of ether oxygens (including phenoxy) is 2. The Morgan fingerprint density at radius 2 is 1.70 bits per heavy atom. The molecule has 0 radical (unpaired) electrons. The Balaban J connectivity index is 2.63. The molecule has 2 unspecified atom stereocenters. The van der Waals surface area contributed by atoms with Crippen molar-refractivity contribution in [2.75, 3.05) is 0 Å². The molecular formula is C16H30O7. The van der Waals surface area contributed by atoms with Crippen LogP contribution in [0.2, 0.25) is 0 Å². The molecule has 7 nitrogen and oxygen atoms in total. The largest absolute Gasteiger partial charge is 0.479 e. The minimum Gasteiger partial charge on any atom is -0.479 e. The van der Waals surface area contributed by atoms with Crippen LogP contribution in [0.4, 0.5) is 0 Å². The molecule has 1 saturated heterocycles. The van der Waals surface area contributed by atoms with Gasteiger partial charge in [-0.05, 0) is 12.8 Å². The number of unbranched alkanes of at least 4 members (excludes halogenated alkanes) is 3. The summed E-state index contributed by atoms with van der Waals surface area (Å²) in [5, 5.41) is 38.5. The van der Waals surface area contributed by atoms with E-state index in [1.807, 2.05) is 6.92 Å². The first-order chi connectivity index (χ1) is 10.9. The van der Waals surface area contributed by atoms with Crippen LogP contribution in [0.3, 0.4) is 0 Å². The summed E-state index contributed by atoms with van der Waals surface area (Å²) in [6, 6.07) is 0. The van der Waals surface area contributed by atoms with Gasteiger partial charge in [-0.3, -0.25) is 0 Å². The Labute approximate surface area is 137 Å². The normalized spacial score (nSPS) is 32.7. The van der Waals surface area contributed by atoms with E-state index in [0.29, 0.717) is 0 Å². The van der Waals surface area contributed by atoms with Crippen LogP contribution in [0.25, 0.3) is 0 Å². The molecule has 0 aromatic rings. The first-order valence-corrected chi connectivity index (χ1v) is 8.50. The molecule has 0 amide bonds. The van der Waals surface area contributed by atoms with E-state index in [-0.39, 0.29) is 6.10 Å². The first kappa shape index (κ1) is 20.3. The summed E-state index contributed by atoms with van der Waals surface area (Å²) in [5.74, 6) is -1.40. The lowest BCUT2D eigenvalue weighted by atomic mass is 9.98. The molecule has 7 heteroatoms. The Hall–Kier alpha value is -0.730. The van der Waals surface area contributed by atoms with Gasteiger partial charge >= 0.3 is 5.97 Å². The summed E-state index contributed by atoms with van der Waals surface area (Å²) in [6.07, 6.45) is -1.03. The Morgan fingerprint density at radius 1 is 1.00 bits per heavy atom. The van der Waals surface area contributed by atoms with Gasteiger partial charge in [0.15, 0.2) is 12.4 Å². The topological polar surface area (TPSA) is 116 Å². The fourth-order valence-electron chi connectivity index (χ4n) is 2.76. The van der Waals surface area contributed by atoms with Crippen LogP contribution >= 0.6 is 0 Å². The van der Waals surface area contributed by atoms with Crippen LogP contribution in [0.5, 0.6) is 0 Å². The summed E-state index contributed by atoms with van der Waals surface area (Å²) in [6.45, 7) is 4.14. The van der Waals surface area contributed by atoms with E-state index in [1.54, 1.807) is 0 Å². The maximum absolute atomic E-state index is 11.1. The van der Waals surface area contributed by atoms with Gasteiger partial charge in [-0.1, -0.05) is 46.0 Å². The fraction of sp³-hybridized carbons (Fsp3) is 0.938. The molecule has 1 aliphatic rings. The first-order valence-electron chi connectivity index (χ1n) is 8.50. The van der Waals surface area contributed by atoms with Gasteiger partial charge < -0.3 is 29.9 Å². The van der Waals surface area contributed by atoms with Gasteiger partial charge in [0.05, 0.1) is 6.10 Å². The van der Waals surface area contributed by atoms with Gasteiger partial charge in [-0.2, -0.15) is 0 Å². The van der Waals surface area contributed by atoms with Gasteiger partial charge in [0.1, 0.15) is 18.3 Å². The van der Waals surface area contributed by atoms with Crippen molar-refractivity contribution < 1.29 is 34.7 Å². The van der Waals surface area contributed by atoms with Crippen molar-refractivity contribution >= 4 is 5.97 Å². The minimum absolute atomic E-state index is 0.173. The van der Waals surface area contributed by atoms with E-state index in [2.05, 4.69) is 6.92 Å². The summed E-state index contributed by atoms with van der Waals surface area (Å²) < 4.78 is 10.9. The molecule has 4 N–H and O–H groups in total. The van der Waals surface area contributed by atoms with E-state index in [1.165, 1.54) is 0 Å². The molecule has 1 fully saturated rings. The molecule has 0 aromatic carbocycles. The number of rotatable bonds is 10. The van der Waals surface area contributed by atoms with E-state index >= 15 is 0 Å². The highest BCUT2D eigenvalue weighted by atomic mass is 16.7. The number of hydrogen-bond acceptors (Lipinski definition) is 6. The molecule has 23 heavy (non-hydrogen) atoms. The molecule has 136 valence electrons. The lowest BCUT2D eigenvalue weighted by Crippen LogP contribution is -2.60. The highest BCUT2D eigenvalue weighted by Crippen LogP contribution is 2.25. The molecule has 0 bridgehead atoms. The van der Waals surface area contributed by atoms with E-state index < -0.39 is 36.7 Å². The van der Waals surface area contributed by atoms with Crippen LogP contribution in [-0.2, 0) is 14.3 Å². The van der Waals surface area contributed by atoms with Crippen molar-refractivity contribution in [1.82, 2.24) is 0 Å². The second-order valence-corrected chi connectivity index (χ2v) is 6.13. The smallest absolute Gasteiger partial charge is 0.335 e. The molecule has 1 rings (SSSR count). The van der Waals surface area contributed by atoms with E-state index in [4.69, 9.17) is 14.6 Å². The zero-order chi connectivity index (χ0) is 17.4. The second-order valence-electron chi connectivity index (χ2n) is 6.13. The fourth-order valence-corrected chi connectivity index (χ4v) is 2.76. The molecule has 0 aromatic heterocycles. The maximum Gasteiger partial charge on any atom is 0.335 e. The number of carboxylic acid groups (broad SMARTS) is 1. The minimum atomic E-state index is -1.68. The molecule has 6 atom stereocenters. The third-order valence-corrected chi connectivity index (χ3v) is 4.13. The molecular weight excluding hydrogens is 304 g/mol. The molecule has 0 spiro atoms. The van der Waals surface area contributed by atoms with Gasteiger partial charge in [-0.25, -0.2) is 4.79 Å². The Morgan fingerprint density at radius 3 is 2.26 bits per heavy atom. The van der Waals surface area contributed by atoms with Crippen molar-refractivity contribution in [2.24, 2.45) is 0 Å². The molecule has 0 saturated carbocycles. The van der Waals surface area contributed by atoms with Crippen molar-refractivity contribution in [2.45, 2.75) is 95.6 Å². The van der Waals surface area contributed by atoms with Gasteiger partial charge in [0, 0.05) is 0 Å². The average Bonchev–Trinajstić information content (AvgIpc) is 2.51. The quantitative estimate of drug-likeness (QED) is 0.441. The summed E-state index contributed by atoms with van der Waals surface area (Å²) in [4.78, 5) is 11.1. The number of aliphatic carboxylic acids is 1. The lowest BCUT2D eigenvalue weighted by molar-refractivity contribution is -0.305. The van der Waals surface area contributed by atoms with Crippen LogP contribution in [0.1, 0.15) is 58.8 Å². The van der Waals surface area contributed by atoms with Crippen molar-refractivity contribution in [3.8, 4) is 0 Å². The maximum atomic E-state index is 11.1. The summed E-state index contributed by atoms with van der Waals surface area (Å²) >= 11 is 0. The number of carboxylic acids is 1. The van der Waals surface area contributed by atoms with Crippen LogP contribution < -0.4 is 0 Å². The van der Waals surface area contributed by atoms with Crippen molar-refractivity contribution in [3.63, 3.8) is 0 Å². The Bertz CT molecular complexity index is 349. The molecule has 0 aliphatic carbocycles. The van der Waals surface area contributed by atoms with Gasteiger partial charge in [0.25, 0.3) is 0 Å². The average molecular weight is 334 g/mol. The highest BCUT2D eigenvalue weighted by molar-refractivity contribution is 5.73. The van der Waals surface area contributed by atoms with Crippen molar-refractivity contribution in [3.05, 3.63) is 0 Å². The van der Waals surface area contributed by atoms with E-state index in [0.717, 1.165) is 44.9 Å². The SMILES string of the molecule is CCCCCCC(CCC)OC1O[C@H](C(=O)O)[C@H](O)[C@H](O)[C@H]1O. The number of aliphatic hydroxyl groups is 3. The number of aliphatic hydroxyl groups excluding tert-OH is 3. The molecule has 1 heterocycles. The third kappa shape index (κ3) is 6.00. The number of carbonyl (C=O) groups is 1. The van der Waals surface area contributed by atoms with Crippen LogP contribution in [0.15, 0.2) is 0 Å². The van der Waals surface area contributed by atoms with Crippen LogP contribution in [0, 0.1) is 0 Å². The third-order valence-electron chi connectivity index (χ3n) is 4.13. The molecule has 1 aliphatic heterocycles. The summed E-state index contributed by atoms with van der Waals surface area (Å²) in [7, 11) is 0. The number of hydrogen-bond donors (Lipinski definition) is 4. The van der Waals surface area contributed by atoms with Crippen LogP contribution in [-0.4, -0.2) is 63.2 Å². The monoisotopic (exact) mass is 334 g/mol. The standard InChI is InChI=1S/C16H30O7/c1-3-5-6-7-9-10(8-4-2)22-16-13(19)11(17)12(18)14(23-16)15(20)21/h10-14,16-19H,3-9H2,1-2H3,(H,20,21)/t10?,11-,12+,13+,14-,16?/m0/s1. The van der Waals surface area contributed by atoms with Gasteiger partial charge in [-0.15, -0.1) is 0 Å².